The molecule has 0 atom stereocenters. The van der Waals surface area contributed by atoms with Crippen molar-refractivity contribution in [3.05, 3.63) is 47.8 Å². The molecule has 1 amide bonds. The average Bonchev–Trinajstić information content (AvgIpc) is 3.40. The fourth-order valence-corrected chi connectivity index (χ4v) is 3.69. The zero-order valence-corrected chi connectivity index (χ0v) is 13.8. The number of aromatic nitrogens is 2. The molecule has 0 radical (unpaired) electrons. The summed E-state index contributed by atoms with van der Waals surface area (Å²) in [4.78, 5) is 14.3. The minimum Gasteiger partial charge on any atom is -0.392 e. The van der Waals surface area contributed by atoms with E-state index in [1.165, 1.54) is 0 Å². The molecule has 5 heteroatoms. The van der Waals surface area contributed by atoms with Gasteiger partial charge < -0.3 is 10.0 Å². The molecule has 1 saturated carbocycles. The van der Waals surface area contributed by atoms with E-state index in [2.05, 4.69) is 5.10 Å². The predicted octanol–water partition coefficient (Wildman–Crippen LogP) is 2.48. The summed E-state index contributed by atoms with van der Waals surface area (Å²) in [5.41, 5.74) is 3.01. The third-order valence-electron chi connectivity index (χ3n) is 5.18. The molecule has 0 spiro atoms. The lowest BCUT2D eigenvalue weighted by Gasteiger charge is -2.33. The number of carbonyl (C=O) groups is 1. The lowest BCUT2D eigenvalue weighted by Crippen LogP contribution is -2.39. The van der Waals surface area contributed by atoms with Crippen LogP contribution in [-0.4, -0.2) is 38.8 Å². The summed E-state index contributed by atoms with van der Waals surface area (Å²) in [6.07, 6.45) is 5.76. The number of piperidine rings is 1. The van der Waals surface area contributed by atoms with Crippen LogP contribution in [0.1, 0.15) is 42.9 Å². The molecule has 126 valence electrons. The molecule has 2 aromatic rings. The van der Waals surface area contributed by atoms with Gasteiger partial charge in [0.2, 0.25) is 5.91 Å². The smallest absolute Gasteiger partial charge is 0.225 e. The highest BCUT2D eigenvalue weighted by atomic mass is 16.3. The van der Waals surface area contributed by atoms with Crippen molar-refractivity contribution in [2.24, 2.45) is 5.92 Å². The van der Waals surface area contributed by atoms with Crippen LogP contribution < -0.4 is 0 Å². The first-order valence-electron chi connectivity index (χ1n) is 8.80. The number of rotatable bonds is 4. The summed E-state index contributed by atoms with van der Waals surface area (Å²) in [6.45, 7) is 1.62. The van der Waals surface area contributed by atoms with Gasteiger partial charge in [0, 0.05) is 30.5 Å². The van der Waals surface area contributed by atoms with E-state index in [4.69, 9.17) is 0 Å². The van der Waals surface area contributed by atoms with E-state index in [0.717, 1.165) is 55.7 Å². The Balaban J connectivity index is 1.56. The Morgan fingerprint density at radius 1 is 1.12 bits per heavy atom. The van der Waals surface area contributed by atoms with Crippen molar-refractivity contribution >= 4 is 5.91 Å². The number of nitrogens with zero attached hydrogens (tertiary/aromatic N) is 3. The summed E-state index contributed by atoms with van der Waals surface area (Å²) in [5, 5.41) is 14.2. The number of amides is 1. The number of aliphatic hydroxyl groups is 1. The van der Waals surface area contributed by atoms with Crippen molar-refractivity contribution in [1.82, 2.24) is 14.7 Å². The van der Waals surface area contributed by atoms with Gasteiger partial charge in [0.25, 0.3) is 0 Å². The standard InChI is InChI=1S/C19H23N3O2/c23-13-16-12-20-22(17-4-2-1-3-5-17)18(16)14-8-10-21(11-9-14)19(24)15-6-7-15/h1-5,12,14-15,23H,6-11,13H2. The Morgan fingerprint density at radius 2 is 1.83 bits per heavy atom. The van der Waals surface area contributed by atoms with Crippen molar-refractivity contribution in [2.75, 3.05) is 13.1 Å². The second-order valence-electron chi connectivity index (χ2n) is 6.83. The molecule has 0 unspecified atom stereocenters. The van der Waals surface area contributed by atoms with E-state index in [1.54, 1.807) is 6.20 Å². The Kier molecular flexibility index (Phi) is 4.10. The van der Waals surface area contributed by atoms with Gasteiger partial charge in [0.05, 0.1) is 24.2 Å². The van der Waals surface area contributed by atoms with Gasteiger partial charge in [-0.05, 0) is 37.8 Å². The molecule has 5 nitrogen and oxygen atoms in total. The first-order chi connectivity index (χ1) is 11.8. The number of carbonyl (C=O) groups excluding carboxylic acids is 1. The Morgan fingerprint density at radius 3 is 2.46 bits per heavy atom. The fraction of sp³-hybridized carbons (Fsp3) is 0.474. The first-order valence-corrected chi connectivity index (χ1v) is 8.80. The zero-order valence-electron chi connectivity index (χ0n) is 13.8. The summed E-state index contributed by atoms with van der Waals surface area (Å²) in [5.74, 6) is 0.968. The monoisotopic (exact) mass is 325 g/mol. The van der Waals surface area contributed by atoms with Crippen molar-refractivity contribution < 1.29 is 9.90 Å². The molecular formula is C19H23N3O2. The second kappa shape index (κ2) is 6.40. The minimum atomic E-state index is 0.00336. The summed E-state index contributed by atoms with van der Waals surface area (Å²) >= 11 is 0. The molecule has 2 fully saturated rings. The largest absolute Gasteiger partial charge is 0.392 e. The quantitative estimate of drug-likeness (QED) is 0.939. The molecule has 1 aliphatic carbocycles. The van der Waals surface area contributed by atoms with E-state index >= 15 is 0 Å². The molecule has 1 N–H and O–H groups in total. The summed E-state index contributed by atoms with van der Waals surface area (Å²) in [7, 11) is 0. The third kappa shape index (κ3) is 2.84. The van der Waals surface area contributed by atoms with E-state index in [1.807, 2.05) is 39.9 Å². The topological polar surface area (TPSA) is 58.4 Å². The number of para-hydroxylation sites is 1. The van der Waals surface area contributed by atoms with Crippen molar-refractivity contribution in [1.29, 1.82) is 0 Å². The van der Waals surface area contributed by atoms with Gasteiger partial charge in [-0.25, -0.2) is 4.68 Å². The van der Waals surface area contributed by atoms with Crippen LogP contribution >= 0.6 is 0 Å². The average molecular weight is 325 g/mol. The zero-order chi connectivity index (χ0) is 16.5. The third-order valence-corrected chi connectivity index (χ3v) is 5.18. The second-order valence-corrected chi connectivity index (χ2v) is 6.83. The van der Waals surface area contributed by atoms with Crippen molar-refractivity contribution in [3.63, 3.8) is 0 Å². The van der Waals surface area contributed by atoms with Gasteiger partial charge in [-0.2, -0.15) is 5.10 Å². The molecule has 1 aromatic carbocycles. The van der Waals surface area contributed by atoms with Gasteiger partial charge in [0.1, 0.15) is 0 Å². The van der Waals surface area contributed by atoms with Crippen LogP contribution in [0.15, 0.2) is 36.5 Å². The number of likely N-dealkylation sites (tertiary alicyclic amines) is 1. The number of benzene rings is 1. The number of aliphatic hydroxyl groups excluding tert-OH is 1. The maximum absolute atomic E-state index is 12.2. The van der Waals surface area contributed by atoms with E-state index in [-0.39, 0.29) is 6.61 Å². The van der Waals surface area contributed by atoms with Crippen LogP contribution in [0, 0.1) is 5.92 Å². The highest BCUT2D eigenvalue weighted by Crippen LogP contribution is 2.35. The van der Waals surface area contributed by atoms with Crippen LogP contribution in [0.5, 0.6) is 0 Å². The summed E-state index contributed by atoms with van der Waals surface area (Å²) < 4.78 is 1.95. The van der Waals surface area contributed by atoms with Gasteiger partial charge in [-0.1, -0.05) is 18.2 Å². The Labute approximate surface area is 141 Å². The maximum atomic E-state index is 12.2. The van der Waals surface area contributed by atoms with Crippen LogP contribution in [-0.2, 0) is 11.4 Å². The molecule has 2 aliphatic rings. The SMILES string of the molecule is O=C(C1CC1)N1CCC(c2c(CO)cnn2-c2ccccc2)CC1. The number of hydrogen-bond acceptors (Lipinski definition) is 3. The Hall–Kier alpha value is -2.14. The van der Waals surface area contributed by atoms with Crippen LogP contribution in [0.3, 0.4) is 0 Å². The van der Waals surface area contributed by atoms with Crippen molar-refractivity contribution in [3.8, 4) is 5.69 Å². The molecule has 1 aromatic heterocycles. The molecule has 0 bridgehead atoms. The van der Waals surface area contributed by atoms with Gasteiger partial charge in [-0.15, -0.1) is 0 Å². The van der Waals surface area contributed by atoms with Crippen LogP contribution in [0.25, 0.3) is 5.69 Å². The van der Waals surface area contributed by atoms with Gasteiger partial charge in [-0.3, -0.25) is 4.79 Å². The molecule has 1 aliphatic heterocycles. The fourth-order valence-electron chi connectivity index (χ4n) is 3.69. The summed E-state index contributed by atoms with van der Waals surface area (Å²) in [6, 6.07) is 10.0. The lowest BCUT2D eigenvalue weighted by molar-refractivity contribution is -0.133. The van der Waals surface area contributed by atoms with E-state index in [9.17, 15) is 9.90 Å². The highest BCUT2D eigenvalue weighted by molar-refractivity contribution is 5.81. The molecule has 4 rings (SSSR count). The maximum Gasteiger partial charge on any atom is 0.225 e. The van der Waals surface area contributed by atoms with E-state index in [0.29, 0.717) is 17.7 Å². The van der Waals surface area contributed by atoms with Crippen LogP contribution in [0.2, 0.25) is 0 Å². The molecule has 24 heavy (non-hydrogen) atoms. The Bertz CT molecular complexity index is 713. The predicted molar refractivity (Wildman–Crippen MR) is 90.8 cm³/mol. The highest BCUT2D eigenvalue weighted by Gasteiger charge is 2.36. The normalized spacial score (nSPS) is 18.8. The lowest BCUT2D eigenvalue weighted by atomic mass is 9.91. The molecule has 2 heterocycles. The first kappa shape index (κ1) is 15.4. The molecule has 1 saturated heterocycles. The molecular weight excluding hydrogens is 302 g/mol. The van der Waals surface area contributed by atoms with Crippen molar-refractivity contribution in [2.45, 2.75) is 38.2 Å². The van der Waals surface area contributed by atoms with Gasteiger partial charge in [0.15, 0.2) is 0 Å². The van der Waals surface area contributed by atoms with E-state index < -0.39 is 0 Å². The minimum absolute atomic E-state index is 0.00336. The van der Waals surface area contributed by atoms with Crippen LogP contribution in [0.4, 0.5) is 0 Å². The van der Waals surface area contributed by atoms with Gasteiger partial charge >= 0.3 is 0 Å². The number of hydrogen-bond donors (Lipinski definition) is 1.